The largest absolute Gasteiger partial charge is 0.459 e. The lowest BCUT2D eigenvalue weighted by Crippen LogP contribution is -2.58. The lowest BCUT2D eigenvalue weighted by atomic mass is 9.70. The molecule has 5 fully saturated rings. The fourth-order valence-corrected chi connectivity index (χ4v) is 17.9. The number of aliphatic hydroxyl groups excluding tert-OH is 5. The highest BCUT2D eigenvalue weighted by Gasteiger charge is 2.56. The number of carbonyl (C=O) groups is 7. The number of Topliss-reactive ketones (excluding diaryl/α,β-unsaturated/α-hetero) is 4. The van der Waals surface area contributed by atoms with Crippen molar-refractivity contribution in [3.8, 4) is 0 Å². The molecule has 0 spiro atoms. The third-order valence-corrected chi connectivity index (χ3v) is 27.7. The zero-order chi connectivity index (χ0) is 92.2. The van der Waals surface area contributed by atoms with Crippen LogP contribution in [-0.4, -0.2) is 246 Å². The molecule has 5 aliphatic heterocycles. The van der Waals surface area contributed by atoms with Crippen molar-refractivity contribution in [2.24, 2.45) is 88.8 Å². The normalized spacial score (nSPS) is 46.1. The van der Waals surface area contributed by atoms with E-state index in [-0.39, 0.29) is 79.4 Å². The van der Waals surface area contributed by atoms with Gasteiger partial charge in [-0.1, -0.05) is 145 Å². The fraction of sp³-hybridized carbons (Fsp3) is 0.922. The van der Waals surface area contributed by atoms with E-state index in [9.17, 15) is 79.5 Å². The molecule has 0 amide bonds. The van der Waals surface area contributed by atoms with Gasteiger partial charge < -0.3 is 98.1 Å². The molecule has 117 heavy (non-hydrogen) atoms. The number of esters is 3. The predicted molar refractivity (Wildman–Crippen MR) is 448 cm³/mol. The van der Waals surface area contributed by atoms with Crippen LogP contribution in [0.4, 0.5) is 0 Å². The number of ether oxygens (including phenoxy) is 11. The molecule has 0 aromatic heterocycles. The van der Waals surface area contributed by atoms with Crippen molar-refractivity contribution in [1.29, 1.82) is 0 Å². The highest BCUT2D eigenvalue weighted by atomic mass is 16.7. The smallest absolute Gasteiger partial charge is 0.316 e. The van der Waals surface area contributed by atoms with Crippen molar-refractivity contribution in [1.82, 2.24) is 0 Å². The highest BCUT2D eigenvalue weighted by Crippen LogP contribution is 2.46. The fourth-order valence-electron chi connectivity index (χ4n) is 17.9. The van der Waals surface area contributed by atoms with E-state index in [4.69, 9.17) is 52.1 Å². The Morgan fingerprint density at radius 3 is 0.880 bits per heavy atom. The average molecular weight is 1680 g/mol. The van der Waals surface area contributed by atoms with E-state index in [1.165, 1.54) is 41.9 Å². The second-order valence-corrected chi connectivity index (χ2v) is 35.9. The van der Waals surface area contributed by atoms with Crippen LogP contribution in [0.5, 0.6) is 0 Å². The van der Waals surface area contributed by atoms with Crippen molar-refractivity contribution < 1.29 is 132 Å². The van der Waals surface area contributed by atoms with Gasteiger partial charge in [0.2, 0.25) is 0 Å². The van der Waals surface area contributed by atoms with Crippen molar-refractivity contribution >= 4 is 41.0 Å². The van der Waals surface area contributed by atoms with Gasteiger partial charge in [0.15, 0.2) is 12.6 Å². The number of methoxy groups -OCH3 is 4. The molecule has 0 saturated carbocycles. The Morgan fingerprint density at radius 2 is 0.598 bits per heavy atom. The Labute approximate surface area is 704 Å². The van der Waals surface area contributed by atoms with Crippen molar-refractivity contribution in [3.63, 3.8) is 0 Å². The summed E-state index contributed by atoms with van der Waals surface area (Å²) in [6.07, 6.45) is -11.7. The van der Waals surface area contributed by atoms with Crippen LogP contribution in [0.1, 0.15) is 287 Å². The van der Waals surface area contributed by atoms with Crippen LogP contribution in [0.2, 0.25) is 0 Å². The van der Waals surface area contributed by atoms with Crippen LogP contribution < -0.4 is 0 Å². The van der Waals surface area contributed by atoms with E-state index >= 15 is 0 Å². The van der Waals surface area contributed by atoms with Gasteiger partial charge in [-0.2, -0.15) is 0 Å². The van der Waals surface area contributed by atoms with E-state index < -0.39 is 220 Å². The van der Waals surface area contributed by atoms with Crippen molar-refractivity contribution in [2.75, 3.05) is 28.4 Å². The minimum atomic E-state index is -1.90. The van der Waals surface area contributed by atoms with E-state index in [1.54, 1.807) is 125 Å². The number of carbonyl (C=O) groups excluding carboxylic acids is 7. The summed E-state index contributed by atoms with van der Waals surface area (Å²) < 4.78 is 65.2. The van der Waals surface area contributed by atoms with Crippen LogP contribution >= 0.6 is 0 Å². The Kier molecular flexibility index (Phi) is 46.0. The molecule has 5 rings (SSSR count). The minimum Gasteiger partial charge on any atom is -0.459 e. The quantitative estimate of drug-likeness (QED) is 0.0527. The second kappa shape index (κ2) is 47.5. The minimum absolute atomic E-state index is 0.115. The molecule has 0 aliphatic carbocycles. The van der Waals surface area contributed by atoms with Gasteiger partial charge in [0.25, 0.3) is 0 Å². The van der Waals surface area contributed by atoms with E-state index in [0.717, 1.165) is 0 Å². The first kappa shape index (κ1) is 113. The lowest BCUT2D eigenvalue weighted by molar-refractivity contribution is -0.298. The number of ketones is 4. The Balaban J connectivity index is 0.00000169. The third-order valence-electron chi connectivity index (χ3n) is 27.7. The number of aliphatic hydroxyl groups is 9. The molecule has 5 saturated heterocycles. The van der Waals surface area contributed by atoms with Crippen LogP contribution in [0.3, 0.4) is 0 Å². The third kappa shape index (κ3) is 27.0. The number of rotatable bonds is 11. The van der Waals surface area contributed by atoms with Gasteiger partial charge >= 0.3 is 17.9 Å². The maximum atomic E-state index is 13.7. The van der Waals surface area contributed by atoms with Crippen LogP contribution in [0.15, 0.2) is 0 Å². The average Bonchev–Trinajstić information content (AvgIpc) is 0.787. The van der Waals surface area contributed by atoms with E-state index in [2.05, 4.69) is 0 Å². The number of hydrogen-bond acceptors (Lipinski definition) is 27. The van der Waals surface area contributed by atoms with Crippen molar-refractivity contribution in [3.05, 3.63) is 0 Å². The first-order chi connectivity index (χ1) is 53.7. The first-order valence-electron chi connectivity index (χ1n) is 43.6. The summed E-state index contributed by atoms with van der Waals surface area (Å²) in [5, 5.41) is 99.7. The van der Waals surface area contributed by atoms with Gasteiger partial charge in [-0.05, 0) is 158 Å². The molecular weight excluding hydrogens is 1510 g/mol. The Hall–Kier alpha value is -3.59. The monoisotopic (exact) mass is 1680 g/mol. The van der Waals surface area contributed by atoms with Crippen LogP contribution in [0.25, 0.3) is 0 Å². The summed E-state index contributed by atoms with van der Waals surface area (Å²) in [6, 6.07) is 0. The summed E-state index contributed by atoms with van der Waals surface area (Å²) in [5.74, 6) is -12.1. The van der Waals surface area contributed by atoms with Gasteiger partial charge in [-0.25, -0.2) is 0 Å². The van der Waals surface area contributed by atoms with E-state index in [0.29, 0.717) is 12.8 Å². The Morgan fingerprint density at radius 1 is 0.333 bits per heavy atom. The molecule has 690 valence electrons. The topological polar surface area (TPSA) is 403 Å². The maximum Gasteiger partial charge on any atom is 0.316 e. The summed E-state index contributed by atoms with van der Waals surface area (Å²) in [5.41, 5.74) is -10.4. The maximum absolute atomic E-state index is 13.7. The highest BCUT2D eigenvalue weighted by molar-refractivity contribution is 6.00. The van der Waals surface area contributed by atoms with Gasteiger partial charge in [-0.3, -0.25) is 33.6 Å². The molecule has 27 heteroatoms. The number of hydrogen-bond donors (Lipinski definition) is 9. The molecule has 0 radical (unpaired) electrons. The van der Waals surface area contributed by atoms with Gasteiger partial charge in [0.05, 0.1) is 82.6 Å². The summed E-state index contributed by atoms with van der Waals surface area (Å²) >= 11 is 0. The summed E-state index contributed by atoms with van der Waals surface area (Å²) in [6.45, 7) is 60.0. The number of cyclic esters (lactones) is 3. The molecule has 5 aliphatic rings. The zero-order valence-corrected chi connectivity index (χ0v) is 79.3. The molecule has 0 aromatic rings. The van der Waals surface area contributed by atoms with Crippen molar-refractivity contribution in [2.45, 2.75) is 417 Å². The molecule has 0 unspecified atom stereocenters. The summed E-state index contributed by atoms with van der Waals surface area (Å²) in [4.78, 5) is 92.9. The molecule has 0 bridgehead atoms. The second-order valence-electron chi connectivity index (χ2n) is 35.9. The predicted octanol–water partition coefficient (Wildman–Crippen LogP) is 11.5. The van der Waals surface area contributed by atoms with Gasteiger partial charge in [0.1, 0.15) is 76.4 Å². The zero-order valence-electron chi connectivity index (χ0n) is 79.3. The van der Waals surface area contributed by atoms with E-state index in [1.807, 2.05) is 96.9 Å². The van der Waals surface area contributed by atoms with Crippen LogP contribution in [0, 0.1) is 88.8 Å². The summed E-state index contributed by atoms with van der Waals surface area (Å²) in [7, 11) is 6.18. The SMILES string of the molecule is CC.CC.CC.CC[C@H]1OC(=O)[C@H](C)C(=O)[C@H](C)[C@@H](C)[C@](C)(OC)C[C@@H](C)C(=O)[C@H](C)[C@@H](O)[C@]1(C)O.CC[C@H]1OC(=O)[C@H](C)[C@@H](O[C@H]2C[C@@](C)(OC)[C@@H](O)[C@H](C)O2)[C@H](C)[C@@H](C)[C@](C)(O)C[C@@H](C)C(=O)[C@H](C)[C@@H](O)[C@]1(C)O.CC[C@H]1OC(=O)[C@H](C)[C@@H](O[C@H]2C[C@@](C)(OC)[C@@H](O)[C@H](C)O2)[C@H](C)[C@@H](C)[C@](C)(OC)C[C@@H](C)C(=O)[C@H](C)[C@@H](O)[C@]1(C)O. The molecule has 27 nitrogen and oxygen atoms in total. The van der Waals surface area contributed by atoms with Crippen LogP contribution in [-0.2, 0) is 85.7 Å². The molecular formula is C90H168O27. The molecule has 0 aromatic carbocycles. The van der Waals surface area contributed by atoms with Gasteiger partial charge in [-0.15, -0.1) is 0 Å². The molecule has 5 heterocycles. The molecule has 9 N–H and O–H groups in total. The lowest BCUT2D eigenvalue weighted by Gasteiger charge is -2.47. The Bertz CT molecular complexity index is 3030. The van der Waals surface area contributed by atoms with Gasteiger partial charge in [0, 0.05) is 82.7 Å². The first-order valence-corrected chi connectivity index (χ1v) is 43.6. The molecule has 37 atom stereocenters. The standard InChI is InChI=1S/C31H56O10.C30H54O10.C23H40O7.3C2H6/c1-13-22-31(10,36)26(33)18(4)24(32)16(2)14-29(8,37-11)20(6)17(3)25(19(5)28(35)40-22)41-23-15-30(9,38-12)27(34)21(7)39-23;1-12-21-30(10,36)25(32)17(4)23(31)15(2)13-28(8,35)19(6)16(3)24(18(5)27(34)39-21)40-22-14-29(9,37-11)26(33)20(7)38-22;1-10-17-23(8,28)20(26)14(4)18(24)12(2)11-22(7,29-9)16(6)13(3)19(25)15(5)21(27)30-17;3*1-2/h16-23,25-27,33-34,36H,13-15H2,1-12H3;15-22,24-26,32-33,35-36H,12-14H2,1-11H3;12-17,20,26,28H,10-11H2,1-9H3;3*1-2H3/t16-,17-,18+,19-,20-,21+,22-,23+,25+,26-,27+,29-,30-,31-;15-,16-,17+,18-,19-,20+,21-,22+,24+,25-,26+,28-,29-,30-;12-,13-,14+,15-,16-,17-,20-,22-,23-;;;/m111.../s1.